The van der Waals surface area contributed by atoms with E-state index in [1.54, 1.807) is 0 Å². The Bertz CT molecular complexity index is 142. The van der Waals surface area contributed by atoms with Crippen molar-refractivity contribution in [1.29, 1.82) is 0 Å². The van der Waals surface area contributed by atoms with Crippen molar-refractivity contribution in [2.45, 2.75) is 40.0 Å². The van der Waals surface area contributed by atoms with E-state index >= 15 is 0 Å². The van der Waals surface area contributed by atoms with Gasteiger partial charge in [-0.05, 0) is 25.9 Å². The Balaban J connectivity index is 3.54. The van der Waals surface area contributed by atoms with Gasteiger partial charge in [-0.25, -0.2) is 0 Å². The van der Waals surface area contributed by atoms with Crippen LogP contribution in [0.25, 0.3) is 0 Å². The van der Waals surface area contributed by atoms with E-state index in [1.165, 1.54) is 0 Å². The molecule has 0 aromatic rings. The number of rotatable bonds is 8. The molecule has 0 radical (unpaired) electrons. The maximum Gasteiger partial charge on any atom is 0.305 e. The van der Waals surface area contributed by atoms with Crippen molar-refractivity contribution in [3.63, 3.8) is 0 Å². The van der Waals surface area contributed by atoms with Gasteiger partial charge in [0.1, 0.15) is 6.61 Å². The second kappa shape index (κ2) is 9.00. The van der Waals surface area contributed by atoms with Crippen LogP contribution in [0.3, 0.4) is 0 Å². The Labute approximate surface area is 87.4 Å². The topological polar surface area (TPSA) is 29.5 Å². The van der Waals surface area contributed by atoms with Crippen molar-refractivity contribution in [2.75, 3.05) is 26.2 Å². The standard InChI is InChI=1S/C11H23NO2/c1-4-7-12(8-5-2)9-10-14-11(13)6-3/h4-10H2,1-3H3. The Morgan fingerprint density at radius 3 is 2.07 bits per heavy atom. The van der Waals surface area contributed by atoms with Crippen LogP contribution in [-0.4, -0.2) is 37.1 Å². The van der Waals surface area contributed by atoms with Crippen molar-refractivity contribution >= 4 is 5.97 Å². The number of carbonyl (C=O) groups excluding carboxylic acids is 1. The van der Waals surface area contributed by atoms with Crippen LogP contribution in [0.1, 0.15) is 40.0 Å². The zero-order valence-corrected chi connectivity index (χ0v) is 9.71. The largest absolute Gasteiger partial charge is 0.464 e. The predicted octanol–water partition coefficient (Wildman–Crippen LogP) is 2.06. The minimum Gasteiger partial charge on any atom is -0.464 e. The first kappa shape index (κ1) is 13.4. The third kappa shape index (κ3) is 6.89. The van der Waals surface area contributed by atoms with Crippen molar-refractivity contribution in [3.05, 3.63) is 0 Å². The number of ether oxygens (including phenoxy) is 1. The van der Waals surface area contributed by atoms with Crippen LogP contribution >= 0.6 is 0 Å². The molecule has 0 heterocycles. The molecule has 14 heavy (non-hydrogen) atoms. The lowest BCUT2D eigenvalue weighted by atomic mass is 10.3. The van der Waals surface area contributed by atoms with Gasteiger partial charge in [0.05, 0.1) is 0 Å². The fourth-order valence-corrected chi connectivity index (χ4v) is 1.36. The highest BCUT2D eigenvalue weighted by Gasteiger charge is 2.03. The van der Waals surface area contributed by atoms with E-state index in [4.69, 9.17) is 4.74 Å². The minimum absolute atomic E-state index is 0.0991. The normalized spacial score (nSPS) is 10.6. The summed E-state index contributed by atoms with van der Waals surface area (Å²) in [7, 11) is 0. The number of nitrogens with zero attached hydrogens (tertiary/aromatic N) is 1. The molecule has 0 aromatic heterocycles. The van der Waals surface area contributed by atoms with Gasteiger partial charge in [-0.15, -0.1) is 0 Å². The van der Waals surface area contributed by atoms with E-state index in [0.717, 1.165) is 32.5 Å². The van der Waals surface area contributed by atoms with E-state index in [9.17, 15) is 4.79 Å². The van der Waals surface area contributed by atoms with E-state index < -0.39 is 0 Å². The fraction of sp³-hybridized carbons (Fsp3) is 0.909. The molecule has 0 atom stereocenters. The third-order valence-corrected chi connectivity index (χ3v) is 2.04. The Morgan fingerprint density at radius 2 is 1.64 bits per heavy atom. The van der Waals surface area contributed by atoms with Gasteiger partial charge < -0.3 is 4.74 Å². The summed E-state index contributed by atoms with van der Waals surface area (Å²) in [5, 5.41) is 0. The van der Waals surface area contributed by atoms with Crippen LogP contribution in [0.15, 0.2) is 0 Å². The van der Waals surface area contributed by atoms with Crippen LogP contribution in [0.2, 0.25) is 0 Å². The third-order valence-electron chi connectivity index (χ3n) is 2.04. The second-order valence-electron chi connectivity index (χ2n) is 3.42. The molecule has 0 aliphatic rings. The first-order chi connectivity index (χ1) is 6.74. The Hall–Kier alpha value is -0.570. The number of hydrogen-bond donors (Lipinski definition) is 0. The van der Waals surface area contributed by atoms with Gasteiger partial charge in [0.15, 0.2) is 0 Å². The molecule has 0 saturated heterocycles. The lowest BCUT2D eigenvalue weighted by Gasteiger charge is -2.20. The quantitative estimate of drug-likeness (QED) is 0.563. The van der Waals surface area contributed by atoms with E-state index in [2.05, 4.69) is 18.7 Å². The van der Waals surface area contributed by atoms with E-state index in [0.29, 0.717) is 13.0 Å². The monoisotopic (exact) mass is 201 g/mol. The molecule has 0 rings (SSSR count). The molecule has 0 aliphatic carbocycles. The second-order valence-corrected chi connectivity index (χ2v) is 3.42. The van der Waals surface area contributed by atoms with Crippen molar-refractivity contribution < 1.29 is 9.53 Å². The van der Waals surface area contributed by atoms with Gasteiger partial charge in [0.25, 0.3) is 0 Å². The van der Waals surface area contributed by atoms with Crippen molar-refractivity contribution in [2.24, 2.45) is 0 Å². The molecule has 3 heteroatoms. The smallest absolute Gasteiger partial charge is 0.305 e. The molecule has 0 fully saturated rings. The van der Waals surface area contributed by atoms with E-state index in [1.807, 2.05) is 6.92 Å². The van der Waals surface area contributed by atoms with Crippen LogP contribution in [0, 0.1) is 0 Å². The maximum absolute atomic E-state index is 10.9. The van der Waals surface area contributed by atoms with Crippen LogP contribution in [0.5, 0.6) is 0 Å². The molecular weight excluding hydrogens is 178 g/mol. The lowest BCUT2D eigenvalue weighted by molar-refractivity contribution is -0.143. The molecule has 0 amide bonds. The molecule has 84 valence electrons. The Kier molecular flexibility index (Phi) is 8.64. The summed E-state index contributed by atoms with van der Waals surface area (Å²) in [5.41, 5.74) is 0. The summed E-state index contributed by atoms with van der Waals surface area (Å²) in [5.74, 6) is -0.0991. The summed E-state index contributed by atoms with van der Waals surface area (Å²) in [4.78, 5) is 13.2. The highest BCUT2D eigenvalue weighted by atomic mass is 16.5. The number of esters is 1. The SMILES string of the molecule is CCCN(CCC)CCOC(=O)CC. The van der Waals surface area contributed by atoms with Crippen LogP contribution in [0.4, 0.5) is 0 Å². The van der Waals surface area contributed by atoms with Crippen LogP contribution in [-0.2, 0) is 9.53 Å². The highest BCUT2D eigenvalue weighted by Crippen LogP contribution is 1.94. The van der Waals surface area contributed by atoms with Gasteiger partial charge >= 0.3 is 5.97 Å². The fourth-order valence-electron chi connectivity index (χ4n) is 1.36. The maximum atomic E-state index is 10.9. The average molecular weight is 201 g/mol. The molecule has 0 unspecified atom stereocenters. The Morgan fingerprint density at radius 1 is 1.07 bits per heavy atom. The molecule has 0 N–H and O–H groups in total. The lowest BCUT2D eigenvalue weighted by Crippen LogP contribution is -2.29. The first-order valence-electron chi connectivity index (χ1n) is 5.62. The van der Waals surface area contributed by atoms with Gasteiger partial charge in [-0.1, -0.05) is 20.8 Å². The molecule has 0 spiro atoms. The molecular formula is C11H23NO2. The predicted molar refractivity (Wildman–Crippen MR) is 58.3 cm³/mol. The van der Waals surface area contributed by atoms with Crippen LogP contribution < -0.4 is 0 Å². The van der Waals surface area contributed by atoms with Gasteiger partial charge in [0.2, 0.25) is 0 Å². The number of hydrogen-bond acceptors (Lipinski definition) is 3. The summed E-state index contributed by atoms with van der Waals surface area (Å²) >= 11 is 0. The van der Waals surface area contributed by atoms with Gasteiger partial charge in [-0.3, -0.25) is 9.69 Å². The van der Waals surface area contributed by atoms with Gasteiger partial charge in [-0.2, -0.15) is 0 Å². The molecule has 3 nitrogen and oxygen atoms in total. The minimum atomic E-state index is -0.0991. The molecule has 0 saturated carbocycles. The molecule has 0 aliphatic heterocycles. The molecule has 0 aromatic carbocycles. The highest BCUT2D eigenvalue weighted by molar-refractivity contribution is 5.68. The zero-order chi connectivity index (χ0) is 10.8. The molecule has 0 bridgehead atoms. The number of carbonyl (C=O) groups is 1. The van der Waals surface area contributed by atoms with Crippen molar-refractivity contribution in [1.82, 2.24) is 4.90 Å². The summed E-state index contributed by atoms with van der Waals surface area (Å²) in [6.45, 7) is 9.74. The van der Waals surface area contributed by atoms with Gasteiger partial charge in [0, 0.05) is 13.0 Å². The first-order valence-corrected chi connectivity index (χ1v) is 5.62. The summed E-state index contributed by atoms with van der Waals surface area (Å²) < 4.78 is 5.03. The zero-order valence-electron chi connectivity index (χ0n) is 9.71. The van der Waals surface area contributed by atoms with Crippen molar-refractivity contribution in [3.8, 4) is 0 Å². The van der Waals surface area contributed by atoms with E-state index in [-0.39, 0.29) is 5.97 Å². The summed E-state index contributed by atoms with van der Waals surface area (Å²) in [6.07, 6.45) is 2.78. The average Bonchev–Trinajstić information content (AvgIpc) is 2.18. The summed E-state index contributed by atoms with van der Waals surface area (Å²) in [6, 6.07) is 0.